The van der Waals surface area contributed by atoms with Crippen LogP contribution < -0.4 is 0 Å². The molecule has 0 radical (unpaired) electrons. The number of piperidine rings is 1. The van der Waals surface area contributed by atoms with Crippen LogP contribution >= 0.6 is 0 Å². The first-order valence-corrected chi connectivity index (χ1v) is 8.44. The van der Waals surface area contributed by atoms with Gasteiger partial charge in [-0.25, -0.2) is 9.78 Å². The number of nitrogens with zero attached hydrogens (tertiary/aromatic N) is 4. The van der Waals surface area contributed by atoms with Crippen LogP contribution in [0.15, 0.2) is 12.4 Å². The second-order valence-corrected chi connectivity index (χ2v) is 6.98. The number of morpholine rings is 1. The van der Waals surface area contributed by atoms with Crippen molar-refractivity contribution in [2.45, 2.75) is 43.4 Å². The molecule has 7 heteroatoms. The predicted molar refractivity (Wildman–Crippen MR) is 82.8 cm³/mol. The lowest BCUT2D eigenvalue weighted by atomic mass is 9.85. The molecule has 0 unspecified atom stereocenters. The van der Waals surface area contributed by atoms with Gasteiger partial charge in [0.1, 0.15) is 11.4 Å². The molecule has 2 atom stereocenters. The number of carbonyl (C=O) groups excluding carboxylic acids is 1. The summed E-state index contributed by atoms with van der Waals surface area (Å²) in [6.07, 6.45) is 6.66. The van der Waals surface area contributed by atoms with Gasteiger partial charge in [0, 0.05) is 57.5 Å². The second kappa shape index (κ2) is 5.49. The zero-order chi connectivity index (χ0) is 16.0. The van der Waals surface area contributed by atoms with Crippen LogP contribution in [0.5, 0.6) is 0 Å². The van der Waals surface area contributed by atoms with E-state index in [-0.39, 0.29) is 18.1 Å². The van der Waals surface area contributed by atoms with Gasteiger partial charge in [-0.1, -0.05) is 0 Å². The van der Waals surface area contributed by atoms with Crippen LogP contribution in [0.2, 0.25) is 0 Å². The standard InChI is InChI=1S/C16H24N4O3/c1-18-5-4-17-14(18)16(22)10-12-2-3-13(11-16)20(12)15(21)19-6-8-23-9-7-19/h4-5,12-13,22H,2-3,6-11H2,1H3/t12-,13-/m0/s1. The van der Waals surface area contributed by atoms with Crippen molar-refractivity contribution in [3.8, 4) is 0 Å². The van der Waals surface area contributed by atoms with Gasteiger partial charge in [-0.15, -0.1) is 0 Å². The van der Waals surface area contributed by atoms with E-state index in [2.05, 4.69) is 4.98 Å². The largest absolute Gasteiger partial charge is 0.382 e. The predicted octanol–water partition coefficient (Wildman–Crippen LogP) is 0.687. The van der Waals surface area contributed by atoms with Crippen molar-refractivity contribution in [2.24, 2.45) is 7.05 Å². The van der Waals surface area contributed by atoms with E-state index in [9.17, 15) is 9.90 Å². The van der Waals surface area contributed by atoms with Crippen LogP contribution in [0.25, 0.3) is 0 Å². The highest BCUT2D eigenvalue weighted by atomic mass is 16.5. The van der Waals surface area contributed by atoms with Crippen molar-refractivity contribution in [1.82, 2.24) is 19.4 Å². The smallest absolute Gasteiger partial charge is 0.320 e. The summed E-state index contributed by atoms with van der Waals surface area (Å²) < 4.78 is 7.23. The van der Waals surface area contributed by atoms with E-state index in [1.54, 1.807) is 6.20 Å². The normalized spacial score (nSPS) is 34.0. The fraction of sp³-hybridized carbons (Fsp3) is 0.750. The Morgan fingerprint density at radius 1 is 1.30 bits per heavy atom. The Hall–Kier alpha value is -1.60. The molecule has 1 N–H and O–H groups in total. The molecule has 23 heavy (non-hydrogen) atoms. The molecule has 0 aliphatic carbocycles. The molecule has 3 fully saturated rings. The number of amides is 2. The summed E-state index contributed by atoms with van der Waals surface area (Å²) in [5.41, 5.74) is -0.925. The summed E-state index contributed by atoms with van der Waals surface area (Å²) in [5.74, 6) is 0.716. The molecule has 3 aliphatic rings. The first-order chi connectivity index (χ1) is 11.1. The Kier molecular flexibility index (Phi) is 3.57. The second-order valence-electron chi connectivity index (χ2n) is 6.98. The number of aliphatic hydroxyl groups is 1. The fourth-order valence-corrected chi connectivity index (χ4v) is 4.45. The van der Waals surface area contributed by atoms with E-state index >= 15 is 0 Å². The number of carbonyl (C=O) groups is 1. The van der Waals surface area contributed by atoms with Gasteiger partial charge in [0.05, 0.1) is 13.2 Å². The van der Waals surface area contributed by atoms with Gasteiger partial charge < -0.3 is 24.2 Å². The SMILES string of the molecule is Cn1ccnc1C1(O)C[C@@H]2CC[C@@H](C1)N2C(=O)N1CCOCC1. The Labute approximate surface area is 135 Å². The summed E-state index contributed by atoms with van der Waals surface area (Å²) in [7, 11) is 1.91. The van der Waals surface area contributed by atoms with Gasteiger partial charge in [0.25, 0.3) is 0 Å². The molecule has 4 rings (SSSR count). The minimum atomic E-state index is -0.925. The Balaban J connectivity index is 1.54. The first-order valence-electron chi connectivity index (χ1n) is 8.44. The maximum Gasteiger partial charge on any atom is 0.320 e. The van der Waals surface area contributed by atoms with E-state index in [0.29, 0.717) is 45.0 Å². The van der Waals surface area contributed by atoms with E-state index in [0.717, 1.165) is 12.8 Å². The third kappa shape index (κ3) is 2.42. The van der Waals surface area contributed by atoms with Gasteiger partial charge in [0.15, 0.2) is 0 Å². The van der Waals surface area contributed by atoms with Crippen LogP contribution in [0.1, 0.15) is 31.5 Å². The van der Waals surface area contributed by atoms with Crippen molar-refractivity contribution in [3.63, 3.8) is 0 Å². The summed E-state index contributed by atoms with van der Waals surface area (Å²) in [6.45, 7) is 2.56. The van der Waals surface area contributed by atoms with Crippen LogP contribution in [0.3, 0.4) is 0 Å². The van der Waals surface area contributed by atoms with E-state index < -0.39 is 5.60 Å². The monoisotopic (exact) mass is 320 g/mol. The number of ether oxygens (including phenoxy) is 1. The molecule has 3 saturated heterocycles. The van der Waals surface area contributed by atoms with E-state index in [4.69, 9.17) is 4.74 Å². The van der Waals surface area contributed by atoms with Gasteiger partial charge in [0.2, 0.25) is 0 Å². The van der Waals surface area contributed by atoms with E-state index in [1.165, 1.54) is 0 Å². The maximum absolute atomic E-state index is 12.9. The fourth-order valence-electron chi connectivity index (χ4n) is 4.45. The molecule has 1 aromatic rings. The molecular formula is C16H24N4O3. The molecule has 7 nitrogen and oxygen atoms in total. The zero-order valence-electron chi connectivity index (χ0n) is 13.5. The lowest BCUT2D eigenvalue weighted by Gasteiger charge is -2.45. The first kappa shape index (κ1) is 15.0. The molecule has 4 heterocycles. The third-order valence-corrected chi connectivity index (χ3v) is 5.51. The molecule has 1 aromatic heterocycles. The van der Waals surface area contributed by atoms with Crippen LogP contribution in [-0.2, 0) is 17.4 Å². The van der Waals surface area contributed by atoms with Crippen LogP contribution in [0, 0.1) is 0 Å². The van der Waals surface area contributed by atoms with E-state index in [1.807, 2.05) is 27.6 Å². The molecule has 2 amide bonds. The van der Waals surface area contributed by atoms with Crippen LogP contribution in [0.4, 0.5) is 4.79 Å². The molecule has 126 valence electrons. The Morgan fingerprint density at radius 3 is 2.52 bits per heavy atom. The maximum atomic E-state index is 12.9. The number of hydrogen-bond acceptors (Lipinski definition) is 4. The molecule has 3 aliphatic heterocycles. The molecule has 0 saturated carbocycles. The van der Waals surface area contributed by atoms with Crippen molar-refractivity contribution >= 4 is 6.03 Å². The minimum absolute atomic E-state index is 0.103. The van der Waals surface area contributed by atoms with Crippen LogP contribution in [-0.4, -0.2) is 68.9 Å². The van der Waals surface area contributed by atoms with Crippen molar-refractivity contribution in [1.29, 1.82) is 0 Å². The van der Waals surface area contributed by atoms with Crippen molar-refractivity contribution < 1.29 is 14.6 Å². The Morgan fingerprint density at radius 2 is 1.96 bits per heavy atom. The number of aromatic nitrogens is 2. The highest BCUT2D eigenvalue weighted by molar-refractivity contribution is 5.76. The minimum Gasteiger partial charge on any atom is -0.382 e. The highest BCUT2D eigenvalue weighted by Crippen LogP contribution is 2.45. The van der Waals surface area contributed by atoms with Gasteiger partial charge in [-0.3, -0.25) is 0 Å². The lowest BCUT2D eigenvalue weighted by molar-refractivity contribution is -0.0579. The summed E-state index contributed by atoms with van der Waals surface area (Å²) in [4.78, 5) is 21.1. The number of aryl methyl sites for hydroxylation is 1. The number of imidazole rings is 1. The van der Waals surface area contributed by atoms with Crippen molar-refractivity contribution in [3.05, 3.63) is 18.2 Å². The number of hydrogen-bond donors (Lipinski definition) is 1. The average Bonchev–Trinajstić information content (AvgIpc) is 3.10. The van der Waals surface area contributed by atoms with Crippen molar-refractivity contribution in [2.75, 3.05) is 26.3 Å². The summed E-state index contributed by atoms with van der Waals surface area (Å²) >= 11 is 0. The quantitative estimate of drug-likeness (QED) is 0.826. The average molecular weight is 320 g/mol. The number of fused-ring (bicyclic) bond motifs is 2. The summed E-state index contributed by atoms with van der Waals surface area (Å²) in [5, 5.41) is 11.1. The topological polar surface area (TPSA) is 70.8 Å². The Bertz CT molecular complexity index is 582. The number of rotatable bonds is 1. The third-order valence-electron chi connectivity index (χ3n) is 5.51. The molecular weight excluding hydrogens is 296 g/mol. The van der Waals surface area contributed by atoms with Gasteiger partial charge in [-0.05, 0) is 12.8 Å². The highest BCUT2D eigenvalue weighted by Gasteiger charge is 2.52. The molecule has 0 spiro atoms. The zero-order valence-corrected chi connectivity index (χ0v) is 13.5. The molecule has 2 bridgehead atoms. The number of urea groups is 1. The van der Waals surface area contributed by atoms with Gasteiger partial charge in [-0.2, -0.15) is 0 Å². The molecule has 0 aromatic carbocycles. The lowest BCUT2D eigenvalue weighted by Crippen LogP contribution is -2.57. The van der Waals surface area contributed by atoms with Gasteiger partial charge >= 0.3 is 6.03 Å². The summed E-state index contributed by atoms with van der Waals surface area (Å²) in [6, 6.07) is 0.319.